The maximum atomic E-state index is 13.0. The second-order valence-corrected chi connectivity index (χ2v) is 9.01. The number of hydrogen-bond acceptors (Lipinski definition) is 6. The van der Waals surface area contributed by atoms with Crippen LogP contribution in [0.5, 0.6) is 0 Å². The van der Waals surface area contributed by atoms with Crippen molar-refractivity contribution in [2.24, 2.45) is 5.92 Å². The average Bonchev–Trinajstić information content (AvgIpc) is 2.88. The van der Waals surface area contributed by atoms with Crippen LogP contribution < -0.4 is 15.1 Å². The van der Waals surface area contributed by atoms with Crippen LogP contribution in [0.4, 0.5) is 17.1 Å². The monoisotopic (exact) mass is 465 g/mol. The summed E-state index contributed by atoms with van der Waals surface area (Å²) in [5.74, 6) is -0.0000116. The molecular weight excluding hydrogens is 434 g/mol. The van der Waals surface area contributed by atoms with Crippen molar-refractivity contribution in [1.82, 2.24) is 10.2 Å². The first-order chi connectivity index (χ1) is 16.4. The Morgan fingerprint density at radius 2 is 1.65 bits per heavy atom. The summed E-state index contributed by atoms with van der Waals surface area (Å²) >= 11 is 0. The Morgan fingerprint density at radius 3 is 2.29 bits per heavy atom. The third kappa shape index (κ3) is 5.47. The van der Waals surface area contributed by atoms with Crippen LogP contribution >= 0.6 is 0 Å². The number of rotatable bonds is 6. The summed E-state index contributed by atoms with van der Waals surface area (Å²) < 4.78 is 0. The fourth-order valence-corrected chi connectivity index (χ4v) is 4.56. The zero-order valence-electron chi connectivity index (χ0n) is 19.5. The van der Waals surface area contributed by atoms with Gasteiger partial charge in [-0.2, -0.15) is 0 Å². The van der Waals surface area contributed by atoms with Crippen LogP contribution in [0.1, 0.15) is 30.1 Å². The molecule has 1 N–H and O–H groups in total. The van der Waals surface area contributed by atoms with Crippen LogP contribution in [0.25, 0.3) is 0 Å². The molecule has 9 heteroatoms. The minimum absolute atomic E-state index is 0.136. The van der Waals surface area contributed by atoms with Gasteiger partial charge in [-0.1, -0.05) is 25.1 Å². The maximum absolute atomic E-state index is 13.0. The Hall–Kier alpha value is -3.62. The third-order valence-corrected chi connectivity index (χ3v) is 6.71. The number of para-hydroxylation sites is 1. The number of non-ortho nitro benzene ring substituents is 1. The largest absolute Gasteiger partial charge is 0.371 e. The summed E-state index contributed by atoms with van der Waals surface area (Å²) in [6.45, 7) is 6.27. The van der Waals surface area contributed by atoms with E-state index in [0.717, 1.165) is 44.7 Å². The van der Waals surface area contributed by atoms with E-state index < -0.39 is 10.8 Å². The molecule has 2 aromatic carbocycles. The molecule has 0 unspecified atom stereocenters. The summed E-state index contributed by atoms with van der Waals surface area (Å²) in [6.07, 6.45) is 2.01. The van der Waals surface area contributed by atoms with Gasteiger partial charge in [0.05, 0.1) is 22.7 Å². The molecule has 9 nitrogen and oxygen atoms in total. The Balaban J connectivity index is 1.38. The van der Waals surface area contributed by atoms with E-state index >= 15 is 0 Å². The van der Waals surface area contributed by atoms with Crippen molar-refractivity contribution >= 4 is 28.9 Å². The summed E-state index contributed by atoms with van der Waals surface area (Å²) in [4.78, 5) is 42.7. The van der Waals surface area contributed by atoms with Crippen molar-refractivity contribution < 1.29 is 14.5 Å². The molecule has 0 spiro atoms. The first-order valence-corrected chi connectivity index (χ1v) is 11.8. The van der Waals surface area contributed by atoms with Gasteiger partial charge in [0.1, 0.15) is 0 Å². The van der Waals surface area contributed by atoms with E-state index in [1.807, 2.05) is 18.2 Å². The first-order valence-electron chi connectivity index (χ1n) is 11.8. The van der Waals surface area contributed by atoms with Crippen LogP contribution in [0.2, 0.25) is 0 Å². The molecule has 34 heavy (non-hydrogen) atoms. The summed E-state index contributed by atoms with van der Waals surface area (Å²) in [5.41, 5.74) is 1.92. The zero-order chi connectivity index (χ0) is 24.1. The number of nitrogens with one attached hydrogen (secondary N) is 1. The molecule has 0 aliphatic carbocycles. The lowest BCUT2D eigenvalue weighted by molar-refractivity contribution is -0.384. The van der Waals surface area contributed by atoms with Gasteiger partial charge in [-0.3, -0.25) is 19.7 Å². The number of nitro benzene ring substituents is 1. The quantitative estimate of drug-likeness (QED) is 0.520. The lowest BCUT2D eigenvalue weighted by Gasteiger charge is -2.36. The van der Waals surface area contributed by atoms with Gasteiger partial charge >= 0.3 is 0 Å². The van der Waals surface area contributed by atoms with E-state index in [2.05, 4.69) is 34.2 Å². The molecule has 2 fully saturated rings. The number of benzene rings is 2. The van der Waals surface area contributed by atoms with E-state index in [1.165, 1.54) is 12.1 Å². The molecular formula is C25H31N5O4. The Kier molecular flexibility index (Phi) is 7.30. The van der Waals surface area contributed by atoms with Crippen molar-refractivity contribution in [2.75, 3.05) is 55.6 Å². The minimum Gasteiger partial charge on any atom is -0.371 e. The van der Waals surface area contributed by atoms with E-state index in [0.29, 0.717) is 24.7 Å². The maximum Gasteiger partial charge on any atom is 0.270 e. The zero-order valence-corrected chi connectivity index (χ0v) is 19.5. The molecule has 0 saturated carbocycles. The number of piperazine rings is 1. The minimum atomic E-state index is -0.504. The first kappa shape index (κ1) is 23.5. The predicted octanol–water partition coefficient (Wildman–Crippen LogP) is 2.91. The molecule has 2 amide bonds. The van der Waals surface area contributed by atoms with Crippen molar-refractivity contribution in [3.8, 4) is 0 Å². The van der Waals surface area contributed by atoms with Crippen molar-refractivity contribution in [3.05, 3.63) is 64.2 Å². The highest BCUT2D eigenvalue weighted by Gasteiger charge is 2.25. The van der Waals surface area contributed by atoms with Crippen LogP contribution in [-0.2, 0) is 4.79 Å². The van der Waals surface area contributed by atoms with Gasteiger partial charge in [0.15, 0.2) is 0 Å². The van der Waals surface area contributed by atoms with Gasteiger partial charge in [-0.25, -0.2) is 0 Å². The lowest BCUT2D eigenvalue weighted by atomic mass is 9.98. The average molecular weight is 466 g/mol. The Morgan fingerprint density at radius 1 is 0.971 bits per heavy atom. The van der Waals surface area contributed by atoms with Crippen molar-refractivity contribution in [2.45, 2.75) is 19.8 Å². The molecule has 2 saturated heterocycles. The molecule has 2 aromatic rings. The summed E-state index contributed by atoms with van der Waals surface area (Å²) in [7, 11) is 0. The molecule has 180 valence electrons. The SMILES string of the molecule is CC1CCN(c2ccc([N+](=O)[O-])cc2C(=O)NCC(=O)N2CCN(c3ccccc3)CC2)CC1. The number of amides is 2. The molecule has 0 bridgehead atoms. The fourth-order valence-electron chi connectivity index (χ4n) is 4.56. The highest BCUT2D eigenvalue weighted by Crippen LogP contribution is 2.29. The van der Waals surface area contributed by atoms with Crippen LogP contribution in [0.3, 0.4) is 0 Å². The second kappa shape index (κ2) is 10.5. The lowest BCUT2D eigenvalue weighted by Crippen LogP contribution is -2.51. The van der Waals surface area contributed by atoms with Gasteiger partial charge in [0, 0.05) is 57.1 Å². The number of carbonyl (C=O) groups is 2. The van der Waals surface area contributed by atoms with Crippen molar-refractivity contribution in [1.29, 1.82) is 0 Å². The van der Waals surface area contributed by atoms with E-state index in [-0.39, 0.29) is 23.7 Å². The van der Waals surface area contributed by atoms with Crippen molar-refractivity contribution in [3.63, 3.8) is 0 Å². The number of anilines is 2. The topological polar surface area (TPSA) is 99.0 Å². The van der Waals surface area contributed by atoms with Gasteiger partial charge in [0.2, 0.25) is 5.91 Å². The van der Waals surface area contributed by atoms with E-state index in [4.69, 9.17) is 0 Å². The van der Waals surface area contributed by atoms with Gasteiger partial charge in [0.25, 0.3) is 11.6 Å². The Labute approximate surface area is 199 Å². The normalized spacial score (nSPS) is 16.9. The standard InChI is InChI=1S/C25H31N5O4/c1-19-9-11-28(12-10-19)23-8-7-21(30(33)34)17-22(23)25(32)26-18-24(31)29-15-13-27(14-16-29)20-5-3-2-4-6-20/h2-8,17,19H,9-16,18H2,1H3,(H,26,32). The van der Waals surface area contributed by atoms with E-state index in [1.54, 1.807) is 11.0 Å². The predicted molar refractivity (Wildman–Crippen MR) is 131 cm³/mol. The molecule has 0 atom stereocenters. The van der Waals surface area contributed by atoms with Crippen LogP contribution in [0.15, 0.2) is 48.5 Å². The summed E-state index contributed by atoms with van der Waals surface area (Å²) in [5, 5.41) is 14.0. The molecule has 0 aromatic heterocycles. The number of piperidine rings is 1. The fraction of sp³-hybridized carbons (Fsp3) is 0.440. The second-order valence-electron chi connectivity index (χ2n) is 9.01. The third-order valence-electron chi connectivity index (χ3n) is 6.71. The van der Waals surface area contributed by atoms with E-state index in [9.17, 15) is 19.7 Å². The molecule has 2 heterocycles. The van der Waals surface area contributed by atoms with Crippen LogP contribution in [-0.4, -0.2) is 67.5 Å². The van der Waals surface area contributed by atoms with Gasteiger partial charge in [-0.05, 0) is 37.0 Å². The summed E-state index contributed by atoms with van der Waals surface area (Å²) in [6, 6.07) is 14.5. The Bertz CT molecular complexity index is 1030. The smallest absolute Gasteiger partial charge is 0.270 e. The number of nitro groups is 1. The number of carbonyl (C=O) groups excluding carboxylic acids is 2. The molecule has 2 aliphatic rings. The number of hydrogen-bond donors (Lipinski definition) is 1. The molecule has 2 aliphatic heterocycles. The van der Waals surface area contributed by atoms with Gasteiger partial charge in [-0.15, -0.1) is 0 Å². The highest BCUT2D eigenvalue weighted by molar-refractivity contribution is 6.02. The highest BCUT2D eigenvalue weighted by atomic mass is 16.6. The molecule has 0 radical (unpaired) electrons. The van der Waals surface area contributed by atoms with Crippen LogP contribution in [0, 0.1) is 16.0 Å². The molecule has 4 rings (SSSR count). The number of nitrogens with zero attached hydrogens (tertiary/aromatic N) is 4. The van der Waals surface area contributed by atoms with Gasteiger partial charge < -0.3 is 20.0 Å².